The largest absolute Gasteiger partial charge is 0.252 e. The van der Waals surface area contributed by atoms with E-state index >= 15 is 0 Å². The molecule has 3 nitrogen and oxygen atoms in total. The second-order valence-electron chi connectivity index (χ2n) is 5.84. The number of benzene rings is 3. The van der Waals surface area contributed by atoms with Crippen LogP contribution in [0.3, 0.4) is 0 Å². The van der Waals surface area contributed by atoms with Crippen LogP contribution in [0.5, 0.6) is 0 Å². The van der Waals surface area contributed by atoms with Gasteiger partial charge in [-0.05, 0) is 6.07 Å². The van der Waals surface area contributed by atoms with Gasteiger partial charge >= 0.3 is 0 Å². The van der Waals surface area contributed by atoms with Gasteiger partial charge in [-0.25, -0.2) is 4.98 Å². The van der Waals surface area contributed by atoms with E-state index in [1.165, 1.54) is 0 Å². The maximum Gasteiger partial charge on any atom is 0.0998 e. The van der Waals surface area contributed by atoms with Crippen molar-refractivity contribution < 1.29 is 0 Å². The van der Waals surface area contributed by atoms with Crippen LogP contribution in [-0.2, 0) is 0 Å². The van der Waals surface area contributed by atoms with Gasteiger partial charge < -0.3 is 0 Å². The summed E-state index contributed by atoms with van der Waals surface area (Å²) in [6.07, 6.45) is 1.74. The van der Waals surface area contributed by atoms with E-state index in [1.807, 2.05) is 78.9 Å². The quantitative estimate of drug-likeness (QED) is 0.508. The first-order chi connectivity index (χ1) is 12.9. The molecule has 0 N–H and O–H groups in total. The summed E-state index contributed by atoms with van der Waals surface area (Å²) < 4.78 is 0. The molecule has 0 saturated heterocycles. The zero-order valence-corrected chi connectivity index (χ0v) is 14.0. The third kappa shape index (κ3) is 2.97. The fraction of sp³-hybridized carbons (Fsp3) is 0. The topological polar surface area (TPSA) is 49.6 Å². The molecule has 0 atom stereocenters. The average molecular weight is 333 g/mol. The van der Waals surface area contributed by atoms with E-state index < -0.39 is 0 Å². The number of nitriles is 1. The summed E-state index contributed by atoms with van der Waals surface area (Å²) in [6.45, 7) is 0. The van der Waals surface area contributed by atoms with Crippen LogP contribution in [0.2, 0.25) is 0 Å². The Morgan fingerprint density at radius 2 is 1.23 bits per heavy atom. The molecule has 3 aromatic carbocycles. The van der Waals surface area contributed by atoms with Crippen LogP contribution in [0.4, 0.5) is 0 Å². The average Bonchev–Trinajstić information content (AvgIpc) is 2.74. The highest BCUT2D eigenvalue weighted by Gasteiger charge is 2.14. The van der Waals surface area contributed by atoms with Crippen molar-refractivity contribution in [3.63, 3.8) is 0 Å². The number of nitrogens with zero attached hydrogens (tertiary/aromatic N) is 3. The highest BCUT2D eigenvalue weighted by atomic mass is 14.8. The van der Waals surface area contributed by atoms with Gasteiger partial charge in [0, 0.05) is 16.7 Å². The number of rotatable bonds is 3. The molecule has 0 saturated carbocycles. The molecule has 4 rings (SSSR count). The summed E-state index contributed by atoms with van der Waals surface area (Å²) in [5, 5.41) is 9.40. The SMILES string of the molecule is N#Cc1ccccc1-c1cnc(-c2ccccc2)c(-c2ccccc2)n1. The predicted octanol–water partition coefficient (Wildman–Crippen LogP) is 5.35. The normalized spacial score (nSPS) is 10.3. The van der Waals surface area contributed by atoms with Crippen molar-refractivity contribution in [1.82, 2.24) is 9.97 Å². The third-order valence-electron chi connectivity index (χ3n) is 4.19. The Labute approximate surface area is 152 Å². The fourth-order valence-electron chi connectivity index (χ4n) is 2.93. The molecule has 3 heteroatoms. The molecule has 0 amide bonds. The van der Waals surface area contributed by atoms with Crippen LogP contribution in [-0.4, -0.2) is 9.97 Å². The van der Waals surface area contributed by atoms with Crippen LogP contribution in [0, 0.1) is 11.3 Å². The van der Waals surface area contributed by atoms with Crippen LogP contribution >= 0.6 is 0 Å². The third-order valence-corrected chi connectivity index (χ3v) is 4.19. The van der Waals surface area contributed by atoms with Crippen molar-refractivity contribution in [1.29, 1.82) is 5.26 Å². The highest BCUT2D eigenvalue weighted by molar-refractivity contribution is 5.80. The molecule has 0 unspecified atom stereocenters. The Balaban J connectivity index is 1.95. The molecule has 122 valence electrons. The minimum atomic E-state index is 0.591. The van der Waals surface area contributed by atoms with Crippen molar-refractivity contribution in [2.24, 2.45) is 0 Å². The first kappa shape index (κ1) is 15.7. The Morgan fingerprint density at radius 3 is 1.88 bits per heavy atom. The second-order valence-corrected chi connectivity index (χ2v) is 5.84. The predicted molar refractivity (Wildman–Crippen MR) is 103 cm³/mol. The Hall–Kier alpha value is -3.77. The van der Waals surface area contributed by atoms with Crippen molar-refractivity contribution in [3.05, 3.63) is 96.7 Å². The maximum absolute atomic E-state index is 9.40. The molecular weight excluding hydrogens is 318 g/mol. The first-order valence-electron chi connectivity index (χ1n) is 8.34. The monoisotopic (exact) mass is 333 g/mol. The highest BCUT2D eigenvalue weighted by Crippen LogP contribution is 2.31. The zero-order chi connectivity index (χ0) is 17.8. The lowest BCUT2D eigenvalue weighted by Crippen LogP contribution is -1.97. The van der Waals surface area contributed by atoms with Crippen molar-refractivity contribution in [2.75, 3.05) is 0 Å². The lowest BCUT2D eigenvalue weighted by atomic mass is 10.0. The molecule has 0 bridgehead atoms. The van der Waals surface area contributed by atoms with Crippen molar-refractivity contribution in [2.45, 2.75) is 0 Å². The van der Waals surface area contributed by atoms with Gasteiger partial charge in [0.1, 0.15) is 0 Å². The maximum atomic E-state index is 9.40. The standard InChI is InChI=1S/C23H15N3/c24-15-19-13-7-8-14-20(19)21-16-25-22(17-9-3-1-4-10-17)23(26-21)18-11-5-2-6-12-18/h1-14,16H. The molecule has 26 heavy (non-hydrogen) atoms. The molecule has 0 fully saturated rings. The first-order valence-corrected chi connectivity index (χ1v) is 8.34. The number of hydrogen-bond donors (Lipinski definition) is 0. The van der Waals surface area contributed by atoms with Gasteiger partial charge in [0.2, 0.25) is 0 Å². The van der Waals surface area contributed by atoms with Gasteiger partial charge in [0.15, 0.2) is 0 Å². The zero-order valence-electron chi connectivity index (χ0n) is 14.0. The van der Waals surface area contributed by atoms with E-state index in [1.54, 1.807) is 12.3 Å². The minimum absolute atomic E-state index is 0.591. The van der Waals surface area contributed by atoms with Gasteiger partial charge in [-0.1, -0.05) is 78.9 Å². The summed E-state index contributed by atoms with van der Waals surface area (Å²) in [6, 6.07) is 29.7. The molecule has 4 aromatic rings. The molecular formula is C23H15N3. The van der Waals surface area contributed by atoms with E-state index in [-0.39, 0.29) is 0 Å². The molecule has 0 aliphatic carbocycles. The fourth-order valence-corrected chi connectivity index (χ4v) is 2.93. The lowest BCUT2D eigenvalue weighted by molar-refractivity contribution is 1.21. The molecule has 0 aliphatic rings. The lowest BCUT2D eigenvalue weighted by Gasteiger charge is -2.11. The summed E-state index contributed by atoms with van der Waals surface area (Å²) in [7, 11) is 0. The van der Waals surface area contributed by atoms with E-state index in [9.17, 15) is 5.26 Å². The number of aromatic nitrogens is 2. The summed E-state index contributed by atoms with van der Waals surface area (Å²) in [5.74, 6) is 0. The van der Waals surface area contributed by atoms with Gasteiger partial charge in [-0.3, -0.25) is 4.98 Å². The van der Waals surface area contributed by atoms with Crippen LogP contribution in [0.15, 0.2) is 91.1 Å². The van der Waals surface area contributed by atoms with Gasteiger partial charge in [-0.15, -0.1) is 0 Å². The minimum Gasteiger partial charge on any atom is -0.252 e. The van der Waals surface area contributed by atoms with E-state index in [2.05, 4.69) is 6.07 Å². The van der Waals surface area contributed by atoms with Crippen molar-refractivity contribution in [3.8, 4) is 39.8 Å². The van der Waals surface area contributed by atoms with Gasteiger partial charge in [-0.2, -0.15) is 5.26 Å². The molecule has 0 radical (unpaired) electrons. The molecule has 0 spiro atoms. The van der Waals surface area contributed by atoms with E-state index in [0.29, 0.717) is 11.3 Å². The summed E-state index contributed by atoms with van der Waals surface area (Å²) in [5.41, 5.74) is 5.72. The Morgan fingerprint density at radius 1 is 0.654 bits per heavy atom. The smallest absolute Gasteiger partial charge is 0.0998 e. The van der Waals surface area contributed by atoms with Crippen LogP contribution < -0.4 is 0 Å². The van der Waals surface area contributed by atoms with E-state index in [0.717, 1.165) is 28.1 Å². The number of hydrogen-bond acceptors (Lipinski definition) is 3. The Kier molecular flexibility index (Phi) is 4.24. The Bertz CT molecular complexity index is 1080. The summed E-state index contributed by atoms with van der Waals surface area (Å²) >= 11 is 0. The van der Waals surface area contributed by atoms with Crippen LogP contribution in [0.1, 0.15) is 5.56 Å². The van der Waals surface area contributed by atoms with Gasteiger partial charge in [0.05, 0.1) is 34.9 Å². The molecule has 1 heterocycles. The molecule has 0 aliphatic heterocycles. The van der Waals surface area contributed by atoms with E-state index in [4.69, 9.17) is 9.97 Å². The van der Waals surface area contributed by atoms with Crippen LogP contribution in [0.25, 0.3) is 33.8 Å². The van der Waals surface area contributed by atoms with Gasteiger partial charge in [0.25, 0.3) is 0 Å². The second kappa shape index (κ2) is 7.00. The summed E-state index contributed by atoms with van der Waals surface area (Å²) in [4.78, 5) is 9.59. The molecule has 1 aromatic heterocycles. The van der Waals surface area contributed by atoms with Crippen molar-refractivity contribution >= 4 is 0 Å².